The number of nitrogens with zero attached hydrogens (tertiary/aromatic N) is 1. The molecule has 0 amide bonds. The van der Waals surface area contributed by atoms with Gasteiger partial charge < -0.3 is 10.2 Å². The Bertz CT molecular complexity index is 260. The maximum Gasteiger partial charge on any atom is 0.0226 e. The molecule has 4 fully saturated rings. The second-order valence-corrected chi connectivity index (χ2v) is 7.52. The van der Waals surface area contributed by atoms with Gasteiger partial charge in [0, 0.05) is 25.7 Å². The smallest absolute Gasteiger partial charge is 0.0226 e. The van der Waals surface area contributed by atoms with Gasteiger partial charge in [-0.25, -0.2) is 0 Å². The second-order valence-electron chi connectivity index (χ2n) is 7.52. The quantitative estimate of drug-likeness (QED) is 0.729. The summed E-state index contributed by atoms with van der Waals surface area (Å²) in [5.41, 5.74) is 0.490. The highest BCUT2D eigenvalue weighted by Gasteiger charge is 2.45. The molecule has 4 aliphatic rings. The van der Waals surface area contributed by atoms with E-state index in [9.17, 15) is 0 Å². The Hall–Kier alpha value is -0.0800. The maximum absolute atomic E-state index is 3.84. The highest BCUT2D eigenvalue weighted by atomic mass is 15.2. The molecule has 4 aliphatic heterocycles. The van der Waals surface area contributed by atoms with Crippen molar-refractivity contribution in [3.63, 3.8) is 0 Å². The van der Waals surface area contributed by atoms with E-state index in [2.05, 4.69) is 31.0 Å². The molecule has 0 spiro atoms. The van der Waals surface area contributed by atoms with E-state index in [0.29, 0.717) is 5.41 Å². The molecular weight excluding hydrogens is 196 g/mol. The van der Waals surface area contributed by atoms with E-state index in [1.165, 1.54) is 39.0 Å². The third-order valence-corrected chi connectivity index (χ3v) is 4.74. The van der Waals surface area contributed by atoms with Crippen molar-refractivity contribution in [2.24, 2.45) is 23.2 Å². The molecule has 4 rings (SSSR count). The van der Waals surface area contributed by atoms with Crippen LogP contribution in [0, 0.1) is 23.2 Å². The molecule has 2 nitrogen and oxygen atoms in total. The van der Waals surface area contributed by atoms with E-state index in [4.69, 9.17) is 0 Å². The van der Waals surface area contributed by atoms with Gasteiger partial charge in [-0.15, -0.1) is 0 Å². The van der Waals surface area contributed by atoms with Gasteiger partial charge in [0.1, 0.15) is 0 Å². The zero-order valence-corrected chi connectivity index (χ0v) is 11.0. The van der Waals surface area contributed by atoms with Crippen LogP contribution in [0.3, 0.4) is 0 Å². The first kappa shape index (κ1) is 11.0. The number of nitrogens with one attached hydrogen (secondary N) is 1. The molecule has 4 saturated heterocycles. The van der Waals surface area contributed by atoms with Crippen molar-refractivity contribution < 1.29 is 0 Å². The Morgan fingerprint density at radius 2 is 2.00 bits per heavy atom. The van der Waals surface area contributed by atoms with Gasteiger partial charge in [-0.2, -0.15) is 0 Å². The summed E-state index contributed by atoms with van der Waals surface area (Å²) in [4.78, 5) is 2.71. The molecule has 16 heavy (non-hydrogen) atoms. The zero-order valence-electron chi connectivity index (χ0n) is 11.0. The van der Waals surface area contributed by atoms with Crippen molar-refractivity contribution in [2.75, 3.05) is 26.2 Å². The van der Waals surface area contributed by atoms with Crippen LogP contribution in [0.25, 0.3) is 0 Å². The zero-order chi connectivity index (χ0) is 11.3. The number of hydrogen-bond donors (Lipinski definition) is 1. The average Bonchev–Trinajstić information content (AvgIpc) is 2.36. The van der Waals surface area contributed by atoms with Crippen LogP contribution in [-0.4, -0.2) is 37.1 Å². The summed E-state index contributed by atoms with van der Waals surface area (Å²) in [6.07, 6.45) is 2.89. The molecular formula is C14H26N2. The molecule has 0 aromatic heterocycles. The van der Waals surface area contributed by atoms with Crippen LogP contribution in [0.15, 0.2) is 0 Å². The topological polar surface area (TPSA) is 15.3 Å². The fourth-order valence-electron chi connectivity index (χ4n) is 4.25. The predicted octanol–water partition coefficient (Wildman–Crippen LogP) is 1.96. The van der Waals surface area contributed by atoms with Crippen molar-refractivity contribution in [2.45, 2.75) is 39.7 Å². The van der Waals surface area contributed by atoms with Crippen LogP contribution < -0.4 is 5.32 Å². The molecule has 4 bridgehead atoms. The second kappa shape index (κ2) is 3.71. The summed E-state index contributed by atoms with van der Waals surface area (Å²) < 4.78 is 0. The van der Waals surface area contributed by atoms with E-state index in [1.807, 2.05) is 0 Å². The van der Waals surface area contributed by atoms with Gasteiger partial charge in [0.25, 0.3) is 0 Å². The lowest BCUT2D eigenvalue weighted by molar-refractivity contribution is 0.0302. The third-order valence-electron chi connectivity index (χ3n) is 4.74. The van der Waals surface area contributed by atoms with E-state index in [1.54, 1.807) is 0 Å². The summed E-state index contributed by atoms with van der Waals surface area (Å²) in [5.74, 6) is 2.85. The van der Waals surface area contributed by atoms with E-state index >= 15 is 0 Å². The Balaban J connectivity index is 1.79. The number of piperidine rings is 2. The van der Waals surface area contributed by atoms with Gasteiger partial charge in [0.05, 0.1) is 0 Å². The van der Waals surface area contributed by atoms with E-state index in [-0.39, 0.29) is 0 Å². The first-order valence-corrected chi connectivity index (χ1v) is 6.97. The minimum atomic E-state index is 0.490. The van der Waals surface area contributed by atoms with Crippen molar-refractivity contribution in [1.82, 2.24) is 10.2 Å². The highest BCUT2D eigenvalue weighted by molar-refractivity contribution is 5.00. The van der Waals surface area contributed by atoms with Crippen LogP contribution in [-0.2, 0) is 0 Å². The number of fused-ring (bicyclic) bond motifs is 1. The Labute approximate surface area is 99.8 Å². The minimum Gasteiger partial charge on any atom is -0.312 e. The maximum atomic E-state index is 3.84. The van der Waals surface area contributed by atoms with E-state index < -0.39 is 0 Å². The lowest BCUT2D eigenvalue weighted by Gasteiger charge is -2.47. The molecule has 5 atom stereocenters. The van der Waals surface area contributed by atoms with Gasteiger partial charge >= 0.3 is 0 Å². The Kier molecular flexibility index (Phi) is 2.56. The van der Waals surface area contributed by atoms with Gasteiger partial charge in [0.15, 0.2) is 0 Å². The lowest BCUT2D eigenvalue weighted by atomic mass is 9.70. The molecule has 2 heteroatoms. The fraction of sp³-hybridized carbons (Fsp3) is 1.00. The predicted molar refractivity (Wildman–Crippen MR) is 67.4 cm³/mol. The fourth-order valence-corrected chi connectivity index (χ4v) is 4.25. The molecule has 0 saturated carbocycles. The monoisotopic (exact) mass is 222 g/mol. The Morgan fingerprint density at radius 3 is 2.75 bits per heavy atom. The summed E-state index contributed by atoms with van der Waals surface area (Å²) in [6, 6.07) is 0.783. The van der Waals surface area contributed by atoms with Gasteiger partial charge in [-0.05, 0) is 42.6 Å². The van der Waals surface area contributed by atoms with Crippen molar-refractivity contribution >= 4 is 0 Å². The number of rotatable bonds is 1. The van der Waals surface area contributed by atoms with Crippen molar-refractivity contribution in [1.29, 1.82) is 0 Å². The van der Waals surface area contributed by atoms with Gasteiger partial charge in [-0.3, -0.25) is 0 Å². The van der Waals surface area contributed by atoms with Crippen LogP contribution in [0.2, 0.25) is 0 Å². The molecule has 0 radical (unpaired) electrons. The normalized spacial score (nSPS) is 47.1. The van der Waals surface area contributed by atoms with Crippen LogP contribution in [0.4, 0.5) is 0 Å². The molecule has 4 heterocycles. The molecule has 0 aromatic rings. The largest absolute Gasteiger partial charge is 0.312 e. The van der Waals surface area contributed by atoms with Crippen molar-refractivity contribution in [3.8, 4) is 0 Å². The minimum absolute atomic E-state index is 0.490. The van der Waals surface area contributed by atoms with Gasteiger partial charge in [0.2, 0.25) is 0 Å². The van der Waals surface area contributed by atoms with Crippen molar-refractivity contribution in [3.05, 3.63) is 0 Å². The summed E-state index contributed by atoms with van der Waals surface area (Å²) in [7, 11) is 0. The summed E-state index contributed by atoms with van der Waals surface area (Å²) in [6.45, 7) is 12.5. The molecule has 0 aromatic carbocycles. The summed E-state index contributed by atoms with van der Waals surface area (Å²) >= 11 is 0. The summed E-state index contributed by atoms with van der Waals surface area (Å²) in [5, 5.41) is 3.84. The lowest BCUT2D eigenvalue weighted by Crippen LogP contribution is -2.55. The first-order valence-electron chi connectivity index (χ1n) is 6.97. The molecule has 0 aliphatic carbocycles. The van der Waals surface area contributed by atoms with E-state index in [0.717, 1.165) is 23.8 Å². The van der Waals surface area contributed by atoms with Crippen LogP contribution in [0.5, 0.6) is 0 Å². The first-order chi connectivity index (χ1) is 7.51. The van der Waals surface area contributed by atoms with Gasteiger partial charge in [-0.1, -0.05) is 20.8 Å². The SMILES string of the molecule is CC(C)(C)CC1C2CC3CNC1CN(C3)C2. The standard InChI is InChI=1S/C14H26N2/c1-14(2,3)5-12-11-4-10-6-15-13(12)9-16(7-10)8-11/h10-13,15H,4-9H2,1-3H3. The number of hydrogen-bond acceptors (Lipinski definition) is 2. The van der Waals surface area contributed by atoms with Crippen LogP contribution >= 0.6 is 0 Å². The van der Waals surface area contributed by atoms with Crippen LogP contribution in [0.1, 0.15) is 33.6 Å². The molecule has 5 unspecified atom stereocenters. The third kappa shape index (κ3) is 2.02. The molecule has 1 N–H and O–H groups in total. The highest BCUT2D eigenvalue weighted by Crippen LogP contribution is 2.41. The Morgan fingerprint density at radius 1 is 1.19 bits per heavy atom. The molecule has 92 valence electrons. The average molecular weight is 222 g/mol.